The van der Waals surface area contributed by atoms with Gasteiger partial charge in [0.15, 0.2) is 6.29 Å². The van der Waals surface area contributed by atoms with Crippen LogP contribution in [0.25, 0.3) is 0 Å². The van der Waals surface area contributed by atoms with Crippen LogP contribution in [0.1, 0.15) is 70.2 Å². The van der Waals surface area contributed by atoms with Crippen molar-refractivity contribution in [1.82, 2.24) is 15.2 Å². The lowest BCUT2D eigenvalue weighted by atomic mass is 10.0. The van der Waals surface area contributed by atoms with E-state index >= 15 is 0 Å². The van der Waals surface area contributed by atoms with Crippen molar-refractivity contribution >= 4 is 6.29 Å². The Bertz CT molecular complexity index is 619. The summed E-state index contributed by atoms with van der Waals surface area (Å²) in [6.07, 6.45) is 11.6. The summed E-state index contributed by atoms with van der Waals surface area (Å²) in [7, 11) is 2.02. The van der Waals surface area contributed by atoms with E-state index in [4.69, 9.17) is 0 Å². The number of allylic oxidation sites excluding steroid dienone is 3. The molecule has 0 bridgehead atoms. The lowest BCUT2D eigenvalue weighted by Gasteiger charge is -2.20. The minimum Gasteiger partial charge on any atom is -0.328 e. The third-order valence-electron chi connectivity index (χ3n) is 4.56. The number of carbonyl (C=O) groups excluding carboxylic acids is 1. The maximum atomic E-state index is 11.6. The first-order valence-corrected chi connectivity index (χ1v) is 11.3. The molecule has 0 aliphatic carbocycles. The molecule has 1 heterocycles. The largest absolute Gasteiger partial charge is 0.328 e. The number of rotatable bonds is 13. The van der Waals surface area contributed by atoms with E-state index in [-0.39, 0.29) is 11.4 Å². The lowest BCUT2D eigenvalue weighted by molar-refractivity contribution is 0.112. The zero-order chi connectivity index (χ0) is 23.9. The second kappa shape index (κ2) is 22.6. The molecule has 0 aliphatic rings. The highest BCUT2D eigenvalue weighted by Crippen LogP contribution is 2.08. The molecule has 178 valence electrons. The van der Waals surface area contributed by atoms with E-state index in [1.54, 1.807) is 6.08 Å². The van der Waals surface area contributed by atoms with Crippen LogP contribution in [0, 0.1) is 5.92 Å². The molecule has 0 fully saturated rings. The molecule has 0 saturated carbocycles. The van der Waals surface area contributed by atoms with Crippen molar-refractivity contribution in [2.45, 2.75) is 59.8 Å². The number of unbranched alkanes of at least 4 members (excludes halogenated alkanes) is 1. The highest BCUT2D eigenvalue weighted by atomic mass is 19.1. The average molecular weight is 438 g/mol. The second-order valence-corrected chi connectivity index (χ2v) is 7.40. The van der Waals surface area contributed by atoms with Crippen LogP contribution in [-0.2, 0) is 0 Å². The van der Waals surface area contributed by atoms with Crippen LogP contribution in [0.2, 0.25) is 0 Å². The molecule has 1 rings (SSSR count). The number of nitrogens with zero attached hydrogens (tertiary/aromatic N) is 1. The molecule has 0 aromatic carbocycles. The molecule has 5 nitrogen and oxygen atoms in total. The van der Waals surface area contributed by atoms with Gasteiger partial charge in [0, 0.05) is 17.8 Å². The van der Waals surface area contributed by atoms with Crippen LogP contribution in [0.15, 0.2) is 47.7 Å². The predicted molar refractivity (Wildman–Crippen MR) is 131 cm³/mol. The fourth-order valence-electron chi connectivity index (χ4n) is 2.60. The Balaban J connectivity index is 0. The Kier molecular flexibility index (Phi) is 22.7. The summed E-state index contributed by atoms with van der Waals surface area (Å²) in [5.74, 6) is 0.594. The minimum absolute atomic E-state index is 0.0856. The van der Waals surface area contributed by atoms with E-state index in [2.05, 4.69) is 41.7 Å². The molecule has 0 radical (unpaired) electrons. The van der Waals surface area contributed by atoms with Crippen LogP contribution in [0.5, 0.6) is 0 Å². The number of aromatic amines is 1. The Labute approximate surface area is 188 Å². The number of nitrogens with one attached hydrogen (secondary N) is 2. The number of carbonyl (C=O) groups is 1. The third-order valence-corrected chi connectivity index (χ3v) is 4.56. The predicted octanol–water partition coefficient (Wildman–Crippen LogP) is 5.37. The number of aldehydes is 1. The summed E-state index contributed by atoms with van der Waals surface area (Å²) in [5, 5.41) is 3.20. The molecular formula is C25H44FN3O2. The van der Waals surface area contributed by atoms with E-state index in [1.807, 2.05) is 14.0 Å². The summed E-state index contributed by atoms with van der Waals surface area (Å²) >= 11 is 0. The molecule has 2 N–H and O–H groups in total. The van der Waals surface area contributed by atoms with Crippen molar-refractivity contribution in [3.63, 3.8) is 0 Å². The first-order valence-electron chi connectivity index (χ1n) is 11.3. The van der Waals surface area contributed by atoms with Gasteiger partial charge in [-0.3, -0.25) is 9.59 Å². The molecule has 0 spiro atoms. The van der Waals surface area contributed by atoms with Crippen molar-refractivity contribution in [1.29, 1.82) is 0 Å². The number of hydrogen-bond acceptors (Lipinski definition) is 4. The number of halogens is 1. The summed E-state index contributed by atoms with van der Waals surface area (Å²) < 4.78 is 11.6. The minimum atomic E-state index is -0.194. The normalized spacial score (nSPS) is 11.6. The van der Waals surface area contributed by atoms with Gasteiger partial charge in [-0.25, -0.2) is 4.39 Å². The quantitative estimate of drug-likeness (QED) is 0.247. The molecule has 1 atom stereocenters. The van der Waals surface area contributed by atoms with E-state index in [1.165, 1.54) is 70.6 Å². The summed E-state index contributed by atoms with van der Waals surface area (Å²) in [4.78, 5) is 25.3. The van der Waals surface area contributed by atoms with Crippen LogP contribution < -0.4 is 10.9 Å². The van der Waals surface area contributed by atoms with Gasteiger partial charge in [0.1, 0.15) is 0 Å². The molecule has 0 saturated heterocycles. The van der Waals surface area contributed by atoms with Crippen molar-refractivity contribution in [2.75, 3.05) is 33.2 Å². The molecule has 1 aromatic rings. The number of H-pyrrole nitrogens is 1. The summed E-state index contributed by atoms with van der Waals surface area (Å²) in [6, 6.07) is 2.77. The topological polar surface area (TPSA) is 65.2 Å². The first-order chi connectivity index (χ1) is 14.8. The molecule has 31 heavy (non-hydrogen) atoms. The average Bonchev–Trinajstić information content (AvgIpc) is 2.76. The first kappa shape index (κ1) is 31.1. The smallest absolute Gasteiger partial charge is 0.247 e. The fraction of sp³-hybridized carbons (Fsp3) is 0.600. The molecule has 0 amide bonds. The summed E-state index contributed by atoms with van der Waals surface area (Å²) in [6.45, 7) is 16.5. The molecular weight excluding hydrogens is 393 g/mol. The van der Waals surface area contributed by atoms with Crippen LogP contribution in [0.4, 0.5) is 4.39 Å². The van der Waals surface area contributed by atoms with Crippen molar-refractivity contribution in [3.05, 3.63) is 58.8 Å². The Hall–Kier alpha value is -2.05. The molecule has 6 heteroatoms. The maximum absolute atomic E-state index is 11.6. The molecule has 1 unspecified atom stereocenters. The highest BCUT2D eigenvalue weighted by Gasteiger charge is 2.02. The SMILES string of the molecule is C=CC(C)CCCCN(CC)CCCNC.CC/C=C(\C)F.O=Cc1ccc(=O)[nH]c1. The van der Waals surface area contributed by atoms with Gasteiger partial charge in [0.25, 0.3) is 0 Å². The second-order valence-electron chi connectivity index (χ2n) is 7.40. The monoisotopic (exact) mass is 437 g/mol. The van der Waals surface area contributed by atoms with Gasteiger partial charge in [-0.2, -0.15) is 0 Å². The Morgan fingerprint density at radius 3 is 2.35 bits per heavy atom. The number of aromatic nitrogens is 1. The van der Waals surface area contributed by atoms with Crippen LogP contribution in [-0.4, -0.2) is 49.4 Å². The van der Waals surface area contributed by atoms with E-state index in [0.717, 1.165) is 13.0 Å². The van der Waals surface area contributed by atoms with Crippen LogP contribution >= 0.6 is 0 Å². The highest BCUT2D eigenvalue weighted by molar-refractivity contribution is 5.73. The Morgan fingerprint density at radius 2 is 1.94 bits per heavy atom. The zero-order valence-electron chi connectivity index (χ0n) is 20.3. The van der Waals surface area contributed by atoms with Gasteiger partial charge in [-0.1, -0.05) is 39.3 Å². The van der Waals surface area contributed by atoms with Crippen LogP contribution in [0.3, 0.4) is 0 Å². The zero-order valence-corrected chi connectivity index (χ0v) is 20.3. The van der Waals surface area contributed by atoms with E-state index in [9.17, 15) is 14.0 Å². The molecule has 1 aromatic heterocycles. The van der Waals surface area contributed by atoms with Crippen molar-refractivity contribution in [3.8, 4) is 0 Å². The molecule has 0 aliphatic heterocycles. The third kappa shape index (κ3) is 22.5. The Morgan fingerprint density at radius 1 is 1.26 bits per heavy atom. The summed E-state index contributed by atoms with van der Waals surface area (Å²) in [5.41, 5.74) is 0.287. The van der Waals surface area contributed by atoms with E-state index < -0.39 is 0 Å². The number of pyridine rings is 1. The maximum Gasteiger partial charge on any atom is 0.247 e. The van der Waals surface area contributed by atoms with Gasteiger partial charge in [-0.05, 0) is 77.8 Å². The number of hydrogen-bond donors (Lipinski definition) is 2. The van der Waals surface area contributed by atoms with Crippen molar-refractivity contribution < 1.29 is 9.18 Å². The lowest BCUT2D eigenvalue weighted by Crippen LogP contribution is -2.27. The van der Waals surface area contributed by atoms with Gasteiger partial charge in [-0.15, -0.1) is 6.58 Å². The van der Waals surface area contributed by atoms with Crippen molar-refractivity contribution in [2.24, 2.45) is 5.92 Å². The van der Waals surface area contributed by atoms with Gasteiger partial charge in [0.2, 0.25) is 5.56 Å². The standard InChI is InChI=1S/C14H30N2.C6H5NO2.C5H9F/c1-5-14(3)10-7-8-12-16(6-2)13-9-11-15-4;8-4-5-1-2-6(9)7-3-5;1-3-4-5(2)6/h5,14-15H,1,6-13H2,2-4H3;1-4H,(H,7,9);4H,3H2,1-2H3/b;;5-4+. The van der Waals surface area contributed by atoms with Gasteiger partial charge in [0.05, 0.1) is 5.83 Å². The van der Waals surface area contributed by atoms with E-state index in [0.29, 0.717) is 17.8 Å². The fourth-order valence-corrected chi connectivity index (χ4v) is 2.60. The van der Waals surface area contributed by atoms with Gasteiger partial charge >= 0.3 is 0 Å². The van der Waals surface area contributed by atoms with Gasteiger partial charge < -0.3 is 15.2 Å².